The third-order valence-electron chi connectivity index (χ3n) is 4.54. The Morgan fingerprint density at radius 2 is 2.04 bits per heavy atom. The van der Waals surface area contributed by atoms with Crippen molar-refractivity contribution < 1.29 is 9.21 Å². The second kappa shape index (κ2) is 8.31. The fraction of sp³-hybridized carbons (Fsp3) is 0.381. The van der Waals surface area contributed by atoms with Gasteiger partial charge < -0.3 is 19.6 Å². The fourth-order valence-electron chi connectivity index (χ4n) is 3.21. The summed E-state index contributed by atoms with van der Waals surface area (Å²) in [6.45, 7) is 5.85. The average Bonchev–Trinajstić information content (AvgIpc) is 3.25. The highest BCUT2D eigenvalue weighted by molar-refractivity contribution is 5.93. The number of rotatable bonds is 7. The molecule has 0 saturated carbocycles. The standard InChI is InChI=1S/C21H28N4O2/c1-15(2)14-25-10-9-16-12-17(7-8-18(16)25)23-21(26)22-13-19(24(3)4)20-6-5-11-27-20/h5-12,15,19H,13-14H2,1-4H3,(H2,22,23,26). The SMILES string of the molecule is CC(C)Cn1ccc2cc(NC(=O)NCC(c3ccco3)N(C)C)ccc21. The molecule has 2 amide bonds. The van der Waals surface area contributed by atoms with Gasteiger partial charge in [0.05, 0.1) is 12.3 Å². The molecule has 2 N–H and O–H groups in total. The zero-order valence-corrected chi connectivity index (χ0v) is 16.4. The molecule has 0 spiro atoms. The first kappa shape index (κ1) is 19.0. The third-order valence-corrected chi connectivity index (χ3v) is 4.54. The number of amides is 2. The fourth-order valence-corrected chi connectivity index (χ4v) is 3.21. The Morgan fingerprint density at radius 1 is 1.22 bits per heavy atom. The average molecular weight is 368 g/mol. The first-order valence-corrected chi connectivity index (χ1v) is 9.27. The van der Waals surface area contributed by atoms with Crippen molar-refractivity contribution in [1.29, 1.82) is 0 Å². The zero-order valence-electron chi connectivity index (χ0n) is 16.4. The van der Waals surface area contributed by atoms with Crippen LogP contribution in [0.15, 0.2) is 53.3 Å². The Balaban J connectivity index is 1.62. The van der Waals surface area contributed by atoms with E-state index in [1.165, 1.54) is 5.52 Å². The van der Waals surface area contributed by atoms with E-state index in [9.17, 15) is 4.79 Å². The molecule has 1 unspecified atom stereocenters. The van der Waals surface area contributed by atoms with Crippen molar-refractivity contribution in [3.05, 3.63) is 54.6 Å². The normalized spacial score (nSPS) is 12.7. The second-order valence-corrected chi connectivity index (χ2v) is 7.47. The van der Waals surface area contributed by atoms with Crippen LogP contribution >= 0.6 is 0 Å². The molecule has 3 aromatic rings. The van der Waals surface area contributed by atoms with Crippen molar-refractivity contribution in [3.8, 4) is 0 Å². The van der Waals surface area contributed by atoms with E-state index in [-0.39, 0.29) is 12.1 Å². The van der Waals surface area contributed by atoms with Crippen LogP contribution in [0, 0.1) is 5.92 Å². The number of likely N-dealkylation sites (N-methyl/N-ethyl adjacent to an activating group) is 1. The van der Waals surface area contributed by atoms with Gasteiger partial charge in [-0.25, -0.2) is 4.79 Å². The van der Waals surface area contributed by atoms with Gasteiger partial charge in [0.1, 0.15) is 5.76 Å². The molecule has 144 valence electrons. The highest BCUT2D eigenvalue weighted by Crippen LogP contribution is 2.22. The van der Waals surface area contributed by atoms with Crippen LogP contribution in [0.2, 0.25) is 0 Å². The predicted octanol–water partition coefficient (Wildman–Crippen LogP) is 4.31. The smallest absolute Gasteiger partial charge is 0.319 e. The maximum Gasteiger partial charge on any atom is 0.319 e. The monoisotopic (exact) mass is 368 g/mol. The van der Waals surface area contributed by atoms with Crippen molar-refractivity contribution in [3.63, 3.8) is 0 Å². The number of urea groups is 1. The van der Waals surface area contributed by atoms with Crippen LogP contribution in [0.3, 0.4) is 0 Å². The van der Waals surface area contributed by atoms with Gasteiger partial charge in [0.15, 0.2) is 0 Å². The maximum atomic E-state index is 12.3. The Kier molecular flexibility index (Phi) is 5.86. The van der Waals surface area contributed by atoms with Crippen LogP contribution in [0.4, 0.5) is 10.5 Å². The Hall–Kier alpha value is -2.73. The molecule has 1 aromatic carbocycles. The molecule has 0 aliphatic heterocycles. The number of hydrogen-bond acceptors (Lipinski definition) is 3. The number of furan rings is 1. The molecule has 27 heavy (non-hydrogen) atoms. The van der Waals surface area contributed by atoms with Gasteiger partial charge in [-0.05, 0) is 56.4 Å². The number of carbonyl (C=O) groups is 1. The number of aromatic nitrogens is 1. The lowest BCUT2D eigenvalue weighted by Crippen LogP contribution is -2.36. The van der Waals surface area contributed by atoms with E-state index < -0.39 is 0 Å². The van der Waals surface area contributed by atoms with Crippen molar-refractivity contribution >= 4 is 22.6 Å². The number of hydrogen-bond donors (Lipinski definition) is 2. The minimum absolute atomic E-state index is 0.0155. The first-order chi connectivity index (χ1) is 12.9. The van der Waals surface area contributed by atoms with Crippen LogP contribution in [0.5, 0.6) is 0 Å². The van der Waals surface area contributed by atoms with Gasteiger partial charge in [0, 0.05) is 35.9 Å². The summed E-state index contributed by atoms with van der Waals surface area (Å²) in [4.78, 5) is 14.3. The van der Waals surface area contributed by atoms with Gasteiger partial charge in [0.2, 0.25) is 0 Å². The van der Waals surface area contributed by atoms with E-state index in [1.807, 2.05) is 43.3 Å². The topological polar surface area (TPSA) is 62.4 Å². The molecular weight excluding hydrogens is 340 g/mol. The van der Waals surface area contributed by atoms with Gasteiger partial charge in [-0.15, -0.1) is 0 Å². The summed E-state index contributed by atoms with van der Waals surface area (Å²) >= 11 is 0. The molecule has 3 rings (SSSR count). The molecule has 0 bridgehead atoms. The Bertz CT molecular complexity index is 881. The van der Waals surface area contributed by atoms with Crippen molar-refractivity contribution in [2.24, 2.45) is 5.92 Å². The van der Waals surface area contributed by atoms with Crippen LogP contribution in [-0.2, 0) is 6.54 Å². The lowest BCUT2D eigenvalue weighted by atomic mass is 10.2. The number of anilines is 1. The van der Waals surface area contributed by atoms with E-state index in [4.69, 9.17) is 4.42 Å². The van der Waals surface area contributed by atoms with E-state index in [0.717, 1.165) is 23.4 Å². The lowest BCUT2D eigenvalue weighted by molar-refractivity contribution is 0.233. The molecule has 0 fully saturated rings. The summed E-state index contributed by atoms with van der Waals surface area (Å²) in [7, 11) is 3.92. The van der Waals surface area contributed by atoms with Gasteiger partial charge in [-0.3, -0.25) is 4.90 Å². The molecule has 2 aromatic heterocycles. The van der Waals surface area contributed by atoms with E-state index >= 15 is 0 Å². The van der Waals surface area contributed by atoms with E-state index in [2.05, 4.69) is 47.4 Å². The summed E-state index contributed by atoms with van der Waals surface area (Å²) in [5, 5.41) is 6.96. The predicted molar refractivity (Wildman–Crippen MR) is 109 cm³/mol. The highest BCUT2D eigenvalue weighted by atomic mass is 16.3. The summed E-state index contributed by atoms with van der Waals surface area (Å²) in [6.07, 6.45) is 3.74. The van der Waals surface area contributed by atoms with E-state index in [1.54, 1.807) is 6.26 Å². The van der Waals surface area contributed by atoms with Gasteiger partial charge in [-0.1, -0.05) is 13.8 Å². The number of nitrogens with zero attached hydrogens (tertiary/aromatic N) is 2. The molecule has 0 radical (unpaired) electrons. The summed E-state index contributed by atoms with van der Waals surface area (Å²) in [5.41, 5.74) is 1.96. The second-order valence-electron chi connectivity index (χ2n) is 7.47. The van der Waals surface area contributed by atoms with Gasteiger partial charge in [-0.2, -0.15) is 0 Å². The summed E-state index contributed by atoms with van der Waals surface area (Å²) < 4.78 is 7.71. The number of fused-ring (bicyclic) bond motifs is 1. The molecule has 2 heterocycles. The lowest BCUT2D eigenvalue weighted by Gasteiger charge is -2.22. The number of benzene rings is 1. The van der Waals surface area contributed by atoms with Crippen molar-refractivity contribution in [2.75, 3.05) is 26.0 Å². The van der Waals surface area contributed by atoms with Crippen LogP contribution in [0.25, 0.3) is 10.9 Å². The summed E-state index contributed by atoms with van der Waals surface area (Å²) in [5.74, 6) is 1.41. The Morgan fingerprint density at radius 3 is 2.70 bits per heavy atom. The van der Waals surface area contributed by atoms with Gasteiger partial charge in [0.25, 0.3) is 0 Å². The van der Waals surface area contributed by atoms with Crippen LogP contribution in [0.1, 0.15) is 25.6 Å². The number of nitrogens with one attached hydrogen (secondary N) is 2. The Labute approximate surface area is 160 Å². The molecule has 0 aliphatic carbocycles. The molecular formula is C21H28N4O2. The minimum Gasteiger partial charge on any atom is -0.468 e. The quantitative estimate of drug-likeness (QED) is 0.653. The number of carbonyl (C=O) groups excluding carboxylic acids is 1. The molecule has 0 saturated heterocycles. The molecule has 6 heteroatoms. The molecule has 0 aliphatic rings. The van der Waals surface area contributed by atoms with Crippen LogP contribution in [-0.4, -0.2) is 36.1 Å². The molecule has 1 atom stereocenters. The zero-order chi connectivity index (χ0) is 19.4. The third kappa shape index (κ3) is 4.71. The molecule has 6 nitrogen and oxygen atoms in total. The van der Waals surface area contributed by atoms with E-state index in [0.29, 0.717) is 12.5 Å². The van der Waals surface area contributed by atoms with Crippen molar-refractivity contribution in [2.45, 2.75) is 26.4 Å². The largest absolute Gasteiger partial charge is 0.468 e. The highest BCUT2D eigenvalue weighted by Gasteiger charge is 2.17. The minimum atomic E-state index is -0.227. The maximum absolute atomic E-state index is 12.3. The van der Waals surface area contributed by atoms with Gasteiger partial charge >= 0.3 is 6.03 Å². The van der Waals surface area contributed by atoms with Crippen molar-refractivity contribution in [1.82, 2.24) is 14.8 Å². The first-order valence-electron chi connectivity index (χ1n) is 9.27. The van der Waals surface area contributed by atoms with Crippen LogP contribution < -0.4 is 10.6 Å². The summed E-state index contributed by atoms with van der Waals surface area (Å²) in [6, 6.07) is 11.6.